The van der Waals surface area contributed by atoms with E-state index in [9.17, 15) is 19.5 Å². The molecule has 0 unspecified atom stereocenters. The van der Waals surface area contributed by atoms with Gasteiger partial charge in [-0.05, 0) is 48.7 Å². The molecule has 9 heteroatoms. The van der Waals surface area contributed by atoms with Gasteiger partial charge in [0.25, 0.3) is 5.56 Å². The number of aromatic nitrogens is 1. The fourth-order valence-electron chi connectivity index (χ4n) is 4.54. The maximum absolute atomic E-state index is 13.7. The van der Waals surface area contributed by atoms with Gasteiger partial charge in [0.1, 0.15) is 11.5 Å². The Hall–Kier alpha value is -4.50. The van der Waals surface area contributed by atoms with Crippen molar-refractivity contribution >= 4 is 29.4 Å². The lowest BCUT2D eigenvalue weighted by Gasteiger charge is -2.25. The lowest BCUT2D eigenvalue weighted by Crippen LogP contribution is -2.40. The molecule has 0 bridgehead atoms. The number of furan rings is 1. The van der Waals surface area contributed by atoms with Gasteiger partial charge in [0, 0.05) is 11.6 Å². The van der Waals surface area contributed by atoms with Crippen LogP contribution < -0.4 is 14.9 Å². The molecule has 0 amide bonds. The number of carboxylic acids is 1. The summed E-state index contributed by atoms with van der Waals surface area (Å²) in [4.78, 5) is 43.1. The highest BCUT2D eigenvalue weighted by Gasteiger charge is 2.33. The van der Waals surface area contributed by atoms with Crippen molar-refractivity contribution in [2.24, 2.45) is 4.99 Å². The minimum absolute atomic E-state index is 0.158. The number of carboxylic acid groups (broad SMARTS) is 1. The number of carbonyl (C=O) groups is 2. The number of esters is 1. The summed E-state index contributed by atoms with van der Waals surface area (Å²) in [6.45, 7) is 3.78. The zero-order valence-electron chi connectivity index (χ0n) is 20.9. The lowest BCUT2D eigenvalue weighted by molar-refractivity contribution is -0.136. The van der Waals surface area contributed by atoms with Gasteiger partial charge in [-0.15, -0.1) is 0 Å². The molecule has 2 aromatic carbocycles. The van der Waals surface area contributed by atoms with Gasteiger partial charge in [0.15, 0.2) is 4.80 Å². The summed E-state index contributed by atoms with van der Waals surface area (Å²) in [5, 5.41) is 9.35. The van der Waals surface area contributed by atoms with E-state index in [0.717, 1.165) is 11.1 Å². The fraction of sp³-hybridized carbons (Fsp3) is 0.172. The topological polar surface area (TPSA) is 111 Å². The molecule has 0 saturated heterocycles. The molecule has 0 spiro atoms. The average molecular weight is 529 g/mol. The van der Waals surface area contributed by atoms with Crippen LogP contribution in [0.5, 0.6) is 0 Å². The first-order valence-electron chi connectivity index (χ1n) is 11.9. The van der Waals surface area contributed by atoms with Gasteiger partial charge in [-0.2, -0.15) is 0 Å². The molecule has 5 rings (SSSR count). The monoisotopic (exact) mass is 528 g/mol. The van der Waals surface area contributed by atoms with Crippen LogP contribution in [0.3, 0.4) is 0 Å². The number of fused-ring (bicyclic) bond motifs is 1. The molecule has 3 heterocycles. The van der Waals surface area contributed by atoms with Crippen LogP contribution in [0.25, 0.3) is 17.4 Å². The second kappa shape index (κ2) is 10.1. The molecule has 192 valence electrons. The van der Waals surface area contributed by atoms with Crippen molar-refractivity contribution < 1.29 is 23.8 Å². The van der Waals surface area contributed by atoms with E-state index >= 15 is 0 Å². The second-order valence-corrected chi connectivity index (χ2v) is 9.74. The van der Waals surface area contributed by atoms with E-state index < -0.39 is 18.0 Å². The third-order valence-electron chi connectivity index (χ3n) is 6.42. The van der Waals surface area contributed by atoms with Crippen molar-refractivity contribution in [1.82, 2.24) is 4.57 Å². The quantitative estimate of drug-likeness (QED) is 0.378. The van der Waals surface area contributed by atoms with Crippen LogP contribution in [0.15, 0.2) is 86.1 Å². The molecule has 2 aromatic heterocycles. The largest absolute Gasteiger partial charge is 0.478 e. The Morgan fingerprint density at radius 2 is 1.92 bits per heavy atom. The Balaban J connectivity index is 1.65. The zero-order chi connectivity index (χ0) is 27.0. The standard InChI is InChI=1S/C29H24N2O6S/c1-4-21-24(28(35)36-3)25(17-8-6-5-7-9-17)31-26(32)23(38-29(31)30-21)15-19-12-13-22(37-19)20-14-18(27(33)34)11-10-16(20)2/h5-15,25H,4H2,1-3H3,(H,33,34)/b23-15-/t25-/m0/s1. The summed E-state index contributed by atoms with van der Waals surface area (Å²) in [6.07, 6.45) is 2.13. The maximum Gasteiger partial charge on any atom is 0.338 e. The number of aromatic carboxylic acids is 1. The number of hydrogen-bond donors (Lipinski definition) is 1. The van der Waals surface area contributed by atoms with Crippen LogP contribution in [0.2, 0.25) is 0 Å². The predicted molar refractivity (Wildman–Crippen MR) is 143 cm³/mol. The van der Waals surface area contributed by atoms with Crippen LogP contribution in [0, 0.1) is 6.92 Å². The van der Waals surface area contributed by atoms with Crippen LogP contribution in [-0.4, -0.2) is 28.7 Å². The fourth-order valence-corrected chi connectivity index (χ4v) is 5.54. The Labute approximate surface area is 221 Å². The third-order valence-corrected chi connectivity index (χ3v) is 7.40. The number of methoxy groups -OCH3 is 1. The molecule has 0 aliphatic carbocycles. The van der Waals surface area contributed by atoms with Gasteiger partial charge in [-0.25, -0.2) is 14.6 Å². The smallest absolute Gasteiger partial charge is 0.338 e. The van der Waals surface area contributed by atoms with Crippen LogP contribution >= 0.6 is 11.3 Å². The Morgan fingerprint density at radius 1 is 1.16 bits per heavy atom. The van der Waals surface area contributed by atoms with E-state index in [1.807, 2.05) is 44.2 Å². The molecule has 1 atom stereocenters. The molecule has 1 aliphatic heterocycles. The summed E-state index contributed by atoms with van der Waals surface area (Å²) in [5.74, 6) is -0.620. The number of ether oxygens (including phenoxy) is 1. The summed E-state index contributed by atoms with van der Waals surface area (Å²) in [5.41, 5.74) is 3.07. The molecule has 1 aliphatic rings. The van der Waals surface area contributed by atoms with E-state index in [1.165, 1.54) is 23.0 Å². The van der Waals surface area contributed by atoms with E-state index in [1.54, 1.807) is 36.4 Å². The van der Waals surface area contributed by atoms with Crippen molar-refractivity contribution in [2.75, 3.05) is 7.11 Å². The minimum atomic E-state index is -1.02. The third kappa shape index (κ3) is 4.41. The van der Waals surface area contributed by atoms with Gasteiger partial charge in [-0.3, -0.25) is 9.36 Å². The SMILES string of the molecule is CCC1=C(C(=O)OC)[C@H](c2ccccc2)n2c(s/c(=C\c3ccc(-c4cc(C(=O)O)ccc4C)o3)c2=O)=N1. The van der Waals surface area contributed by atoms with E-state index in [-0.39, 0.29) is 11.1 Å². The molecule has 4 aromatic rings. The first kappa shape index (κ1) is 25.2. The van der Waals surface area contributed by atoms with Crippen molar-refractivity contribution in [3.63, 3.8) is 0 Å². The first-order chi connectivity index (χ1) is 18.3. The highest BCUT2D eigenvalue weighted by atomic mass is 32.1. The second-order valence-electron chi connectivity index (χ2n) is 8.74. The van der Waals surface area contributed by atoms with E-state index in [0.29, 0.717) is 44.1 Å². The predicted octanol–water partition coefficient (Wildman–Crippen LogP) is 4.06. The molecule has 0 radical (unpaired) electrons. The van der Waals surface area contributed by atoms with E-state index in [4.69, 9.17) is 9.15 Å². The molecule has 8 nitrogen and oxygen atoms in total. The highest BCUT2D eigenvalue weighted by molar-refractivity contribution is 7.07. The number of benzene rings is 2. The van der Waals surface area contributed by atoms with Crippen molar-refractivity contribution in [2.45, 2.75) is 26.3 Å². The van der Waals surface area contributed by atoms with Crippen LogP contribution in [-0.2, 0) is 9.53 Å². The molecule has 38 heavy (non-hydrogen) atoms. The number of aryl methyl sites for hydroxylation is 1. The average Bonchev–Trinajstić information content (AvgIpc) is 3.52. The number of allylic oxidation sites excluding steroid dienone is 1. The Bertz CT molecular complexity index is 1780. The van der Waals surface area contributed by atoms with Crippen molar-refractivity contribution in [1.29, 1.82) is 0 Å². The minimum Gasteiger partial charge on any atom is -0.478 e. The lowest BCUT2D eigenvalue weighted by atomic mass is 9.95. The highest BCUT2D eigenvalue weighted by Crippen LogP contribution is 2.32. The maximum atomic E-state index is 13.7. The Kier molecular flexibility index (Phi) is 6.69. The summed E-state index contributed by atoms with van der Waals surface area (Å²) >= 11 is 1.21. The van der Waals surface area contributed by atoms with Crippen molar-refractivity contribution in [3.8, 4) is 11.3 Å². The first-order valence-corrected chi connectivity index (χ1v) is 12.8. The summed E-state index contributed by atoms with van der Waals surface area (Å²) < 4.78 is 13.0. The molecule has 0 saturated carbocycles. The molecular weight excluding hydrogens is 504 g/mol. The number of thiazole rings is 1. The molecule has 0 fully saturated rings. The normalized spacial score (nSPS) is 15.2. The van der Waals surface area contributed by atoms with Gasteiger partial charge in [0.05, 0.1) is 34.5 Å². The number of nitrogens with zero attached hydrogens (tertiary/aromatic N) is 2. The molecular formula is C29H24N2O6S. The molecule has 1 N–H and O–H groups in total. The Morgan fingerprint density at radius 3 is 2.61 bits per heavy atom. The van der Waals surface area contributed by atoms with Gasteiger partial charge < -0.3 is 14.3 Å². The van der Waals surface area contributed by atoms with Crippen LogP contribution in [0.1, 0.15) is 46.6 Å². The zero-order valence-corrected chi connectivity index (χ0v) is 21.7. The summed E-state index contributed by atoms with van der Waals surface area (Å²) in [6, 6.07) is 17.0. The van der Waals surface area contributed by atoms with Crippen LogP contribution in [0.4, 0.5) is 0 Å². The number of rotatable bonds is 6. The van der Waals surface area contributed by atoms with Crippen molar-refractivity contribution in [3.05, 3.63) is 114 Å². The van der Waals surface area contributed by atoms with Gasteiger partial charge >= 0.3 is 11.9 Å². The van der Waals surface area contributed by atoms with Gasteiger partial charge in [-0.1, -0.05) is 54.7 Å². The summed E-state index contributed by atoms with van der Waals surface area (Å²) in [7, 11) is 1.32. The number of hydrogen-bond acceptors (Lipinski definition) is 7. The van der Waals surface area contributed by atoms with Gasteiger partial charge in [0.2, 0.25) is 0 Å². The number of carbonyl (C=O) groups excluding carboxylic acids is 1. The van der Waals surface area contributed by atoms with E-state index in [2.05, 4.69) is 4.99 Å².